The summed E-state index contributed by atoms with van der Waals surface area (Å²) in [6.07, 6.45) is 1.54. The van der Waals surface area contributed by atoms with Crippen LogP contribution in [-0.2, 0) is 11.4 Å². The van der Waals surface area contributed by atoms with E-state index < -0.39 is 5.91 Å². The molecule has 0 aliphatic rings. The maximum atomic E-state index is 12.8. The third-order valence-electron chi connectivity index (χ3n) is 5.25. The summed E-state index contributed by atoms with van der Waals surface area (Å²) in [6.45, 7) is 2.78. The number of nitrogens with one attached hydrogen (secondary N) is 1. The van der Waals surface area contributed by atoms with Crippen molar-refractivity contribution >= 4 is 28.4 Å². The summed E-state index contributed by atoms with van der Waals surface area (Å²) in [5.74, 6) is 0.740. The van der Waals surface area contributed by atoms with Crippen LogP contribution >= 0.6 is 0 Å². The lowest BCUT2D eigenvalue weighted by Crippen LogP contribution is -2.13. The molecule has 0 aromatic heterocycles. The highest BCUT2D eigenvalue weighted by molar-refractivity contribution is 6.09. The van der Waals surface area contributed by atoms with Crippen LogP contribution in [0, 0.1) is 11.3 Å². The molecule has 0 aliphatic heterocycles. The highest BCUT2D eigenvalue weighted by Gasteiger charge is 2.12. The van der Waals surface area contributed by atoms with Gasteiger partial charge in [0.2, 0.25) is 0 Å². The Kier molecular flexibility index (Phi) is 7.22. The number of carbonyl (C=O) groups excluding carboxylic acids is 1. The largest absolute Gasteiger partial charge is 0.494 e. The molecule has 0 unspecified atom stereocenters. The molecule has 0 spiro atoms. The van der Waals surface area contributed by atoms with E-state index in [1.807, 2.05) is 67.6 Å². The highest BCUT2D eigenvalue weighted by atomic mass is 16.5. The zero-order valence-corrected chi connectivity index (χ0v) is 18.8. The Balaban J connectivity index is 1.53. The normalized spacial score (nSPS) is 11.0. The Labute approximate surface area is 198 Å². The molecule has 4 aromatic rings. The van der Waals surface area contributed by atoms with Crippen molar-refractivity contribution in [2.24, 2.45) is 0 Å². The third-order valence-corrected chi connectivity index (χ3v) is 5.25. The zero-order chi connectivity index (χ0) is 23.8. The molecular weight excluding hydrogens is 424 g/mol. The molecule has 1 amide bonds. The van der Waals surface area contributed by atoms with E-state index in [0.29, 0.717) is 36.0 Å². The van der Waals surface area contributed by atoms with Crippen molar-refractivity contribution in [1.29, 1.82) is 5.26 Å². The van der Waals surface area contributed by atoms with Gasteiger partial charge in [0.15, 0.2) is 0 Å². The lowest BCUT2D eigenvalue weighted by molar-refractivity contribution is -0.112. The summed E-state index contributed by atoms with van der Waals surface area (Å²) in [6, 6.07) is 30.7. The van der Waals surface area contributed by atoms with Gasteiger partial charge < -0.3 is 14.8 Å². The molecule has 5 heteroatoms. The van der Waals surface area contributed by atoms with Crippen LogP contribution in [0.2, 0.25) is 0 Å². The van der Waals surface area contributed by atoms with E-state index in [2.05, 4.69) is 23.5 Å². The third kappa shape index (κ3) is 5.43. The van der Waals surface area contributed by atoms with Crippen molar-refractivity contribution in [2.45, 2.75) is 13.5 Å². The minimum atomic E-state index is -0.500. The van der Waals surface area contributed by atoms with Crippen LogP contribution < -0.4 is 14.8 Å². The molecule has 0 saturated carbocycles. The predicted molar refractivity (Wildman–Crippen MR) is 135 cm³/mol. The van der Waals surface area contributed by atoms with Crippen LogP contribution in [0.1, 0.15) is 18.1 Å². The van der Waals surface area contributed by atoms with Gasteiger partial charge in [-0.15, -0.1) is 0 Å². The van der Waals surface area contributed by atoms with Crippen molar-refractivity contribution in [3.05, 3.63) is 108 Å². The monoisotopic (exact) mass is 448 g/mol. The molecule has 4 rings (SSSR count). The topological polar surface area (TPSA) is 71.3 Å². The fraction of sp³-hybridized carbons (Fsp3) is 0.103. The molecule has 1 N–H and O–H groups in total. The number of para-hydroxylation sites is 1. The quantitative estimate of drug-likeness (QED) is 0.251. The van der Waals surface area contributed by atoms with Crippen molar-refractivity contribution in [1.82, 2.24) is 0 Å². The van der Waals surface area contributed by atoms with E-state index in [1.54, 1.807) is 24.3 Å². The molecule has 0 radical (unpaired) electrons. The average molecular weight is 449 g/mol. The molecule has 34 heavy (non-hydrogen) atoms. The van der Waals surface area contributed by atoms with Gasteiger partial charge in [-0.25, -0.2) is 0 Å². The molecule has 5 nitrogen and oxygen atoms in total. The first-order valence-electron chi connectivity index (χ1n) is 11.0. The minimum absolute atomic E-state index is 0.0250. The first kappa shape index (κ1) is 22.6. The standard InChI is InChI=1S/C29H24N2O3/c1-2-33-26-14-8-13-25(18-26)31-29(32)24(19-30)17-22-10-4-6-16-28(22)34-20-23-12-7-11-21-9-3-5-15-27(21)23/h3-18H,2,20H2,1H3,(H,31,32)/b24-17+. The van der Waals surface area contributed by atoms with Crippen LogP contribution in [0.3, 0.4) is 0 Å². The van der Waals surface area contributed by atoms with Gasteiger partial charge in [0.05, 0.1) is 6.61 Å². The van der Waals surface area contributed by atoms with Gasteiger partial charge in [-0.3, -0.25) is 4.79 Å². The number of fused-ring (bicyclic) bond motifs is 1. The Hall–Kier alpha value is -4.56. The number of benzene rings is 4. The number of nitriles is 1. The molecule has 0 aliphatic carbocycles. The van der Waals surface area contributed by atoms with Crippen molar-refractivity contribution in [3.8, 4) is 17.6 Å². The van der Waals surface area contributed by atoms with E-state index in [9.17, 15) is 10.1 Å². The van der Waals surface area contributed by atoms with Crippen molar-refractivity contribution in [3.63, 3.8) is 0 Å². The number of rotatable bonds is 8. The summed E-state index contributed by atoms with van der Waals surface area (Å²) in [7, 11) is 0. The lowest BCUT2D eigenvalue weighted by atomic mass is 10.1. The molecule has 0 fully saturated rings. The van der Waals surface area contributed by atoms with E-state index >= 15 is 0 Å². The molecule has 0 saturated heterocycles. The predicted octanol–water partition coefficient (Wildman–Crippen LogP) is 6.36. The Morgan fingerprint density at radius 3 is 2.56 bits per heavy atom. The summed E-state index contributed by atoms with van der Waals surface area (Å²) in [5, 5.41) is 14.7. The Bertz CT molecular complexity index is 1380. The van der Waals surface area contributed by atoms with Gasteiger partial charge in [0.1, 0.15) is 29.7 Å². The van der Waals surface area contributed by atoms with Crippen LogP contribution in [0.4, 0.5) is 5.69 Å². The van der Waals surface area contributed by atoms with Crippen LogP contribution in [-0.4, -0.2) is 12.5 Å². The fourth-order valence-electron chi connectivity index (χ4n) is 3.64. The molecular formula is C29H24N2O3. The zero-order valence-electron chi connectivity index (χ0n) is 18.8. The lowest BCUT2D eigenvalue weighted by Gasteiger charge is -2.12. The van der Waals surface area contributed by atoms with Gasteiger partial charge in [-0.1, -0.05) is 66.7 Å². The number of nitrogens with zero attached hydrogens (tertiary/aromatic N) is 1. The molecule has 168 valence electrons. The molecule has 0 heterocycles. The van der Waals surface area contributed by atoms with Gasteiger partial charge in [0, 0.05) is 17.3 Å². The van der Waals surface area contributed by atoms with Gasteiger partial charge in [0.25, 0.3) is 5.91 Å². The minimum Gasteiger partial charge on any atom is -0.494 e. The number of anilines is 1. The second-order valence-electron chi connectivity index (χ2n) is 7.55. The second kappa shape index (κ2) is 10.8. The number of hydrogen-bond donors (Lipinski definition) is 1. The average Bonchev–Trinajstić information content (AvgIpc) is 2.87. The number of hydrogen-bond acceptors (Lipinski definition) is 4. The molecule has 4 aromatic carbocycles. The summed E-state index contributed by atoms with van der Waals surface area (Å²) in [4.78, 5) is 12.8. The summed E-state index contributed by atoms with van der Waals surface area (Å²) in [5.41, 5.74) is 2.24. The van der Waals surface area contributed by atoms with E-state index in [-0.39, 0.29) is 5.57 Å². The van der Waals surface area contributed by atoms with Crippen molar-refractivity contribution in [2.75, 3.05) is 11.9 Å². The first-order chi connectivity index (χ1) is 16.7. The number of ether oxygens (including phenoxy) is 2. The van der Waals surface area contributed by atoms with E-state index in [4.69, 9.17) is 9.47 Å². The number of amides is 1. The second-order valence-corrected chi connectivity index (χ2v) is 7.55. The van der Waals surface area contributed by atoms with Gasteiger partial charge >= 0.3 is 0 Å². The van der Waals surface area contributed by atoms with E-state index in [0.717, 1.165) is 16.3 Å². The van der Waals surface area contributed by atoms with Crippen LogP contribution in [0.25, 0.3) is 16.8 Å². The van der Waals surface area contributed by atoms with Gasteiger partial charge in [-0.05, 0) is 47.5 Å². The molecule has 0 atom stereocenters. The van der Waals surface area contributed by atoms with Crippen LogP contribution in [0.15, 0.2) is 96.6 Å². The smallest absolute Gasteiger partial charge is 0.266 e. The fourth-order valence-corrected chi connectivity index (χ4v) is 3.64. The maximum Gasteiger partial charge on any atom is 0.266 e. The maximum absolute atomic E-state index is 12.8. The first-order valence-corrected chi connectivity index (χ1v) is 11.0. The Morgan fingerprint density at radius 1 is 0.941 bits per heavy atom. The van der Waals surface area contributed by atoms with Crippen LogP contribution in [0.5, 0.6) is 11.5 Å². The summed E-state index contributed by atoms with van der Waals surface area (Å²) < 4.78 is 11.6. The van der Waals surface area contributed by atoms with Crippen molar-refractivity contribution < 1.29 is 14.3 Å². The van der Waals surface area contributed by atoms with Gasteiger partial charge in [-0.2, -0.15) is 5.26 Å². The number of carbonyl (C=O) groups is 1. The SMILES string of the molecule is CCOc1cccc(NC(=O)/C(C#N)=C/c2ccccc2OCc2cccc3ccccc23)c1. The highest BCUT2D eigenvalue weighted by Crippen LogP contribution is 2.25. The molecule has 0 bridgehead atoms. The Morgan fingerprint density at radius 2 is 1.71 bits per heavy atom. The van der Waals surface area contributed by atoms with E-state index in [1.165, 1.54) is 0 Å². The summed E-state index contributed by atoms with van der Waals surface area (Å²) >= 11 is 0.